The van der Waals surface area contributed by atoms with Crippen LogP contribution in [0.25, 0.3) is 0 Å². The summed E-state index contributed by atoms with van der Waals surface area (Å²) >= 11 is 0. The van der Waals surface area contributed by atoms with Gasteiger partial charge in [-0.2, -0.15) is 0 Å². The fraction of sp³-hybridized carbons (Fsp3) is 0.765. The largest absolute Gasteiger partial charge is 0.375 e. The molecule has 0 aromatic rings. The normalized spacial score (nSPS) is 18.6. The molecule has 18 heavy (non-hydrogen) atoms. The molecule has 0 unspecified atom stereocenters. The van der Waals surface area contributed by atoms with E-state index in [0.29, 0.717) is 5.41 Å². The first-order valence-corrected chi connectivity index (χ1v) is 7.58. The fourth-order valence-electron chi connectivity index (χ4n) is 2.53. The van der Waals surface area contributed by atoms with E-state index >= 15 is 0 Å². The van der Waals surface area contributed by atoms with Crippen LogP contribution in [0.4, 0.5) is 0 Å². The molecular weight excluding hydrogens is 218 g/mol. The molecule has 1 aliphatic rings. The van der Waals surface area contributed by atoms with Crippen LogP contribution in [-0.2, 0) is 0 Å². The smallest absolute Gasteiger partial charge is 0.0180 e. The zero-order valence-corrected chi connectivity index (χ0v) is 12.8. The molecule has 0 aromatic carbocycles. The quantitative estimate of drug-likeness (QED) is 0.598. The van der Waals surface area contributed by atoms with E-state index in [4.69, 9.17) is 0 Å². The second kappa shape index (κ2) is 7.01. The molecule has 104 valence electrons. The maximum atomic E-state index is 4.31. The van der Waals surface area contributed by atoms with Crippen LogP contribution in [0, 0.1) is 11.3 Å². The number of likely N-dealkylation sites (tertiary alicyclic amines) is 1. The summed E-state index contributed by atoms with van der Waals surface area (Å²) in [7, 11) is 0. The van der Waals surface area contributed by atoms with Crippen molar-refractivity contribution < 1.29 is 0 Å². The van der Waals surface area contributed by atoms with E-state index in [2.05, 4.69) is 51.3 Å². The molecule has 1 heteroatoms. The van der Waals surface area contributed by atoms with Crippen molar-refractivity contribution >= 4 is 0 Å². The Bertz CT molecular complexity index is 280. The van der Waals surface area contributed by atoms with Crippen LogP contribution in [0.1, 0.15) is 59.8 Å². The van der Waals surface area contributed by atoms with Crippen LogP contribution >= 0.6 is 0 Å². The summed E-state index contributed by atoms with van der Waals surface area (Å²) in [6.07, 6.45) is 10.8. The van der Waals surface area contributed by atoms with Crippen molar-refractivity contribution in [2.75, 3.05) is 13.1 Å². The lowest BCUT2D eigenvalue weighted by molar-refractivity contribution is 0.219. The number of rotatable bonds is 6. The zero-order chi connectivity index (χ0) is 13.6. The van der Waals surface area contributed by atoms with Crippen molar-refractivity contribution in [3.63, 3.8) is 0 Å². The topological polar surface area (TPSA) is 3.24 Å². The molecule has 0 radical (unpaired) electrons. The lowest BCUT2D eigenvalue weighted by atomic mass is 9.84. The third-order valence-corrected chi connectivity index (χ3v) is 4.27. The fourth-order valence-corrected chi connectivity index (χ4v) is 2.53. The van der Waals surface area contributed by atoms with Gasteiger partial charge >= 0.3 is 0 Å². The highest BCUT2D eigenvalue weighted by atomic mass is 15.1. The predicted octanol–water partition coefficient (Wildman–Crippen LogP) is 5.00. The summed E-state index contributed by atoms with van der Waals surface area (Å²) in [6, 6.07) is 0. The van der Waals surface area contributed by atoms with Gasteiger partial charge in [0.15, 0.2) is 0 Å². The Hall–Kier alpha value is -0.720. The first-order chi connectivity index (χ1) is 8.48. The molecule has 0 aromatic heterocycles. The number of hydrogen-bond donors (Lipinski definition) is 0. The van der Waals surface area contributed by atoms with Gasteiger partial charge in [-0.15, -0.1) is 0 Å². The van der Waals surface area contributed by atoms with E-state index in [-0.39, 0.29) is 0 Å². The highest BCUT2D eigenvalue weighted by molar-refractivity contribution is 5.01. The lowest BCUT2D eigenvalue weighted by Crippen LogP contribution is -2.33. The van der Waals surface area contributed by atoms with Crippen molar-refractivity contribution in [2.45, 2.75) is 59.8 Å². The molecule has 0 aliphatic carbocycles. The number of allylic oxidation sites excluding steroid dienone is 3. The SMILES string of the molecule is C=C(CC(C)(C)CC)N1CCC(/C=C\CC)CC1. The van der Waals surface area contributed by atoms with Gasteiger partial charge in [0, 0.05) is 18.8 Å². The molecule has 0 spiro atoms. The first kappa shape index (κ1) is 15.3. The van der Waals surface area contributed by atoms with Crippen LogP contribution in [0.5, 0.6) is 0 Å². The minimum absolute atomic E-state index is 0.399. The maximum Gasteiger partial charge on any atom is 0.0180 e. The Kier molecular flexibility index (Phi) is 5.98. The highest BCUT2D eigenvalue weighted by Crippen LogP contribution is 2.31. The summed E-state index contributed by atoms with van der Waals surface area (Å²) in [5.74, 6) is 0.799. The minimum Gasteiger partial charge on any atom is -0.375 e. The van der Waals surface area contributed by atoms with Gasteiger partial charge in [-0.3, -0.25) is 0 Å². The summed E-state index contributed by atoms with van der Waals surface area (Å²) in [6.45, 7) is 15.9. The van der Waals surface area contributed by atoms with Crippen LogP contribution in [-0.4, -0.2) is 18.0 Å². The number of piperidine rings is 1. The molecule has 0 saturated carbocycles. The number of hydrogen-bond acceptors (Lipinski definition) is 1. The van der Waals surface area contributed by atoms with Gasteiger partial charge in [0.25, 0.3) is 0 Å². The van der Waals surface area contributed by atoms with Gasteiger partial charge in [-0.1, -0.05) is 52.8 Å². The molecule has 0 amide bonds. The van der Waals surface area contributed by atoms with Gasteiger partial charge in [-0.05, 0) is 37.0 Å². The van der Waals surface area contributed by atoms with Crippen molar-refractivity contribution in [2.24, 2.45) is 11.3 Å². The first-order valence-electron chi connectivity index (χ1n) is 7.58. The maximum absolute atomic E-state index is 4.31. The summed E-state index contributed by atoms with van der Waals surface area (Å²) in [4.78, 5) is 2.51. The van der Waals surface area contributed by atoms with Gasteiger partial charge in [0.1, 0.15) is 0 Å². The average Bonchev–Trinajstić information content (AvgIpc) is 2.36. The van der Waals surface area contributed by atoms with Crippen LogP contribution < -0.4 is 0 Å². The van der Waals surface area contributed by atoms with Crippen LogP contribution in [0.3, 0.4) is 0 Å². The van der Waals surface area contributed by atoms with Gasteiger partial charge < -0.3 is 4.90 Å². The molecular formula is C17H31N. The Morgan fingerprint density at radius 3 is 2.39 bits per heavy atom. The summed E-state index contributed by atoms with van der Waals surface area (Å²) in [5.41, 5.74) is 1.75. The Labute approximate surface area is 114 Å². The molecule has 1 nitrogen and oxygen atoms in total. The summed E-state index contributed by atoms with van der Waals surface area (Å²) < 4.78 is 0. The lowest BCUT2D eigenvalue weighted by Gasteiger charge is -2.36. The molecule has 1 saturated heterocycles. The van der Waals surface area contributed by atoms with Crippen molar-refractivity contribution in [3.05, 3.63) is 24.4 Å². The second-order valence-corrected chi connectivity index (χ2v) is 6.42. The standard InChI is InChI=1S/C17H31N/c1-6-8-9-16-10-12-18(13-11-16)15(3)14-17(4,5)7-2/h8-9,16H,3,6-7,10-14H2,1-2,4-5H3/b9-8-. The van der Waals surface area contributed by atoms with E-state index in [1.807, 2.05) is 0 Å². The molecule has 0 bridgehead atoms. The van der Waals surface area contributed by atoms with Crippen LogP contribution in [0.15, 0.2) is 24.4 Å². The average molecular weight is 249 g/mol. The van der Waals surface area contributed by atoms with Crippen LogP contribution in [0.2, 0.25) is 0 Å². The van der Waals surface area contributed by atoms with Gasteiger partial charge in [-0.25, -0.2) is 0 Å². The van der Waals surface area contributed by atoms with E-state index in [1.54, 1.807) is 0 Å². The highest BCUT2D eigenvalue weighted by Gasteiger charge is 2.22. The van der Waals surface area contributed by atoms with Crippen molar-refractivity contribution in [3.8, 4) is 0 Å². The third-order valence-electron chi connectivity index (χ3n) is 4.27. The molecule has 1 heterocycles. The van der Waals surface area contributed by atoms with Gasteiger partial charge in [0.2, 0.25) is 0 Å². The molecule has 1 rings (SSSR count). The van der Waals surface area contributed by atoms with E-state index in [0.717, 1.165) is 18.8 Å². The number of nitrogens with zero attached hydrogens (tertiary/aromatic N) is 1. The van der Waals surface area contributed by atoms with Gasteiger partial charge in [0.05, 0.1) is 0 Å². The third kappa shape index (κ3) is 4.88. The Morgan fingerprint density at radius 1 is 1.28 bits per heavy atom. The Balaban J connectivity index is 2.38. The minimum atomic E-state index is 0.399. The second-order valence-electron chi connectivity index (χ2n) is 6.42. The van der Waals surface area contributed by atoms with E-state index in [9.17, 15) is 0 Å². The molecule has 0 N–H and O–H groups in total. The van der Waals surface area contributed by atoms with E-state index in [1.165, 1.54) is 38.0 Å². The monoisotopic (exact) mass is 249 g/mol. The molecule has 1 aliphatic heterocycles. The molecule has 1 fully saturated rings. The molecule has 0 atom stereocenters. The summed E-state index contributed by atoms with van der Waals surface area (Å²) in [5, 5.41) is 0. The zero-order valence-electron chi connectivity index (χ0n) is 12.8. The van der Waals surface area contributed by atoms with E-state index < -0.39 is 0 Å². The Morgan fingerprint density at radius 2 is 1.89 bits per heavy atom. The van der Waals surface area contributed by atoms with Crippen molar-refractivity contribution in [1.82, 2.24) is 4.90 Å². The van der Waals surface area contributed by atoms with Crippen molar-refractivity contribution in [1.29, 1.82) is 0 Å². The predicted molar refractivity (Wildman–Crippen MR) is 81.6 cm³/mol.